The maximum Gasteiger partial charge on any atom is 0.268 e. The van der Waals surface area contributed by atoms with Crippen molar-refractivity contribution in [3.63, 3.8) is 0 Å². The third-order valence-corrected chi connectivity index (χ3v) is 2.04. The number of nitrogens with two attached hydrogens (primary N) is 1. The number of nitrogens with zero attached hydrogens (tertiary/aromatic N) is 2. The summed E-state index contributed by atoms with van der Waals surface area (Å²) in [6.07, 6.45) is -2.10. The Kier molecular flexibility index (Phi) is 4.01. The van der Waals surface area contributed by atoms with Crippen molar-refractivity contribution < 1.29 is 18.3 Å². The summed E-state index contributed by atoms with van der Waals surface area (Å²) in [5.74, 6) is -0.274. The monoisotopic (exact) mass is 283 g/mol. The molecule has 15 heavy (non-hydrogen) atoms. The molecular formula is C7H8BrF2N3O2. The van der Waals surface area contributed by atoms with E-state index in [1.54, 1.807) is 0 Å². The van der Waals surface area contributed by atoms with Gasteiger partial charge >= 0.3 is 0 Å². The SMILES string of the molecule is COc1nc(N)nc(OC(F)CF)c1Br. The minimum absolute atomic E-state index is 0.0866. The van der Waals surface area contributed by atoms with Crippen molar-refractivity contribution in [2.24, 2.45) is 0 Å². The Morgan fingerprint density at radius 1 is 1.47 bits per heavy atom. The number of ether oxygens (including phenoxy) is 2. The van der Waals surface area contributed by atoms with Crippen molar-refractivity contribution in [3.05, 3.63) is 4.47 Å². The Morgan fingerprint density at radius 2 is 2.07 bits per heavy atom. The second kappa shape index (κ2) is 5.06. The van der Waals surface area contributed by atoms with E-state index in [9.17, 15) is 8.78 Å². The van der Waals surface area contributed by atoms with Gasteiger partial charge in [-0.15, -0.1) is 0 Å². The lowest BCUT2D eigenvalue weighted by atomic mass is 10.6. The van der Waals surface area contributed by atoms with Gasteiger partial charge in [-0.1, -0.05) is 0 Å². The van der Waals surface area contributed by atoms with E-state index in [0.717, 1.165) is 0 Å². The standard InChI is InChI=1S/C7H8BrF2N3O2/c1-14-5-4(8)6(13-7(11)12-5)15-3(10)2-9/h3H,2H2,1H3,(H2,11,12,13). The van der Waals surface area contributed by atoms with Crippen LogP contribution in [0.2, 0.25) is 0 Å². The highest BCUT2D eigenvalue weighted by atomic mass is 79.9. The zero-order valence-corrected chi connectivity index (χ0v) is 9.29. The van der Waals surface area contributed by atoms with Crippen molar-refractivity contribution in [3.8, 4) is 11.8 Å². The molecular weight excluding hydrogens is 276 g/mol. The van der Waals surface area contributed by atoms with Gasteiger partial charge in [-0.3, -0.25) is 0 Å². The molecule has 0 radical (unpaired) electrons. The van der Waals surface area contributed by atoms with Crippen molar-refractivity contribution in [1.82, 2.24) is 9.97 Å². The molecule has 0 amide bonds. The minimum atomic E-state index is -2.10. The number of hydrogen-bond acceptors (Lipinski definition) is 5. The van der Waals surface area contributed by atoms with Gasteiger partial charge in [-0.05, 0) is 15.9 Å². The summed E-state index contributed by atoms with van der Waals surface area (Å²) in [4.78, 5) is 7.27. The first kappa shape index (κ1) is 11.9. The van der Waals surface area contributed by atoms with Gasteiger partial charge in [0.1, 0.15) is 4.47 Å². The Hall–Kier alpha value is -1.18. The fourth-order valence-corrected chi connectivity index (χ4v) is 1.22. The average molecular weight is 284 g/mol. The number of aromatic nitrogens is 2. The van der Waals surface area contributed by atoms with Crippen LogP contribution in [0, 0.1) is 0 Å². The van der Waals surface area contributed by atoms with Crippen LogP contribution >= 0.6 is 15.9 Å². The van der Waals surface area contributed by atoms with Gasteiger partial charge in [-0.2, -0.15) is 14.4 Å². The van der Waals surface area contributed by atoms with Crippen LogP contribution in [0.3, 0.4) is 0 Å². The van der Waals surface area contributed by atoms with Gasteiger partial charge in [0.15, 0.2) is 6.67 Å². The summed E-state index contributed by atoms with van der Waals surface area (Å²) < 4.78 is 34.0. The van der Waals surface area contributed by atoms with E-state index >= 15 is 0 Å². The first-order valence-corrected chi connectivity index (χ1v) is 4.61. The molecule has 0 saturated carbocycles. The number of hydrogen-bond donors (Lipinski definition) is 1. The van der Waals surface area contributed by atoms with Crippen LogP contribution in [-0.2, 0) is 0 Å². The smallest absolute Gasteiger partial charge is 0.268 e. The predicted octanol–water partition coefficient (Wildman–Crippen LogP) is 1.47. The van der Waals surface area contributed by atoms with Crippen molar-refractivity contribution in [1.29, 1.82) is 0 Å². The molecule has 0 aliphatic heterocycles. The summed E-state index contributed by atoms with van der Waals surface area (Å²) in [5, 5.41) is 0. The van der Waals surface area contributed by atoms with Gasteiger partial charge in [0.05, 0.1) is 7.11 Å². The average Bonchev–Trinajstić information content (AvgIpc) is 2.22. The number of rotatable bonds is 4. The molecule has 1 rings (SSSR count). The summed E-state index contributed by atoms with van der Waals surface area (Å²) >= 11 is 3.01. The molecule has 2 N–H and O–H groups in total. The van der Waals surface area contributed by atoms with Crippen LogP contribution in [0.25, 0.3) is 0 Å². The third kappa shape index (κ3) is 2.88. The summed E-state index contributed by atoms with van der Waals surface area (Å²) in [6, 6.07) is 0. The molecule has 0 saturated heterocycles. The zero-order valence-electron chi connectivity index (χ0n) is 7.71. The summed E-state index contributed by atoms with van der Waals surface area (Å²) in [7, 11) is 1.35. The molecule has 1 aromatic rings. The van der Waals surface area contributed by atoms with Crippen LogP contribution in [0.5, 0.6) is 11.8 Å². The molecule has 1 aromatic heterocycles. The molecule has 84 valence electrons. The highest BCUT2D eigenvalue weighted by molar-refractivity contribution is 9.10. The lowest BCUT2D eigenvalue weighted by Gasteiger charge is -2.10. The van der Waals surface area contributed by atoms with Crippen molar-refractivity contribution >= 4 is 21.9 Å². The van der Waals surface area contributed by atoms with E-state index < -0.39 is 13.0 Å². The van der Waals surface area contributed by atoms with Gasteiger partial charge in [0, 0.05) is 0 Å². The van der Waals surface area contributed by atoms with Gasteiger partial charge in [0.25, 0.3) is 6.36 Å². The van der Waals surface area contributed by atoms with E-state index in [0.29, 0.717) is 0 Å². The molecule has 0 aromatic carbocycles. The topological polar surface area (TPSA) is 70.3 Å². The molecule has 1 atom stereocenters. The van der Waals surface area contributed by atoms with E-state index in [4.69, 9.17) is 10.5 Å². The number of anilines is 1. The maximum atomic E-state index is 12.6. The van der Waals surface area contributed by atoms with Gasteiger partial charge < -0.3 is 15.2 Å². The Bertz CT molecular complexity index is 353. The van der Waals surface area contributed by atoms with Crippen LogP contribution in [0.4, 0.5) is 14.7 Å². The Balaban J connectivity index is 3.01. The van der Waals surface area contributed by atoms with E-state index in [1.807, 2.05) is 0 Å². The minimum Gasteiger partial charge on any atom is -0.480 e. The number of methoxy groups -OCH3 is 1. The molecule has 0 bridgehead atoms. The lowest BCUT2D eigenvalue weighted by molar-refractivity contribution is 0.0384. The van der Waals surface area contributed by atoms with Crippen molar-refractivity contribution in [2.75, 3.05) is 19.5 Å². The highest BCUT2D eigenvalue weighted by Crippen LogP contribution is 2.32. The molecule has 0 fully saturated rings. The van der Waals surface area contributed by atoms with Crippen LogP contribution in [-0.4, -0.2) is 30.1 Å². The molecule has 8 heteroatoms. The van der Waals surface area contributed by atoms with Crippen LogP contribution in [0.1, 0.15) is 0 Å². The number of alkyl halides is 2. The predicted molar refractivity (Wildman–Crippen MR) is 52.2 cm³/mol. The Labute approximate surface area is 92.7 Å². The molecule has 1 heterocycles. The number of nitrogen functional groups attached to an aromatic ring is 1. The first-order chi connectivity index (χ1) is 7.08. The summed E-state index contributed by atoms with van der Waals surface area (Å²) in [5.41, 5.74) is 5.30. The van der Waals surface area contributed by atoms with Crippen LogP contribution < -0.4 is 15.2 Å². The third-order valence-electron chi connectivity index (χ3n) is 1.36. The van der Waals surface area contributed by atoms with Crippen molar-refractivity contribution in [2.45, 2.75) is 6.36 Å². The zero-order chi connectivity index (χ0) is 11.4. The first-order valence-electron chi connectivity index (χ1n) is 3.82. The van der Waals surface area contributed by atoms with Gasteiger partial charge in [-0.25, -0.2) is 4.39 Å². The normalized spacial score (nSPS) is 12.3. The molecule has 0 spiro atoms. The quantitative estimate of drug-likeness (QED) is 0.906. The summed E-state index contributed by atoms with van der Waals surface area (Å²) in [6.45, 7) is -1.28. The van der Waals surface area contributed by atoms with Gasteiger partial charge in [0.2, 0.25) is 17.7 Å². The second-order valence-electron chi connectivity index (χ2n) is 2.39. The molecule has 5 nitrogen and oxygen atoms in total. The molecule has 0 aliphatic carbocycles. The van der Waals surface area contributed by atoms with E-state index in [-0.39, 0.29) is 22.2 Å². The highest BCUT2D eigenvalue weighted by Gasteiger charge is 2.16. The largest absolute Gasteiger partial charge is 0.480 e. The van der Waals surface area contributed by atoms with Crippen LogP contribution in [0.15, 0.2) is 4.47 Å². The fourth-order valence-electron chi connectivity index (χ4n) is 0.789. The van der Waals surface area contributed by atoms with E-state index in [1.165, 1.54) is 7.11 Å². The molecule has 1 unspecified atom stereocenters. The fraction of sp³-hybridized carbons (Fsp3) is 0.429. The number of halogens is 3. The Morgan fingerprint density at radius 3 is 2.60 bits per heavy atom. The maximum absolute atomic E-state index is 12.6. The second-order valence-corrected chi connectivity index (χ2v) is 3.19. The molecule has 0 aliphatic rings. The van der Waals surface area contributed by atoms with E-state index in [2.05, 4.69) is 30.6 Å². The lowest BCUT2D eigenvalue weighted by Crippen LogP contribution is -2.14.